The highest BCUT2D eigenvalue weighted by Gasteiger charge is 2.26. The van der Waals surface area contributed by atoms with Gasteiger partial charge in [0, 0.05) is 19.5 Å². The molecule has 0 saturated carbocycles. The van der Waals surface area contributed by atoms with Crippen molar-refractivity contribution in [3.8, 4) is 0 Å². The van der Waals surface area contributed by atoms with Gasteiger partial charge >= 0.3 is 5.97 Å². The van der Waals surface area contributed by atoms with Crippen molar-refractivity contribution in [1.29, 1.82) is 0 Å². The van der Waals surface area contributed by atoms with Crippen LogP contribution in [0, 0.1) is 0 Å². The number of aliphatic carboxylic acids is 1. The number of carboxylic acids is 1. The Kier molecular flexibility index (Phi) is 3.14. The molecule has 1 amide bonds. The Morgan fingerprint density at radius 3 is 2.80 bits per heavy atom. The number of hydrogen-bond donors (Lipinski definition) is 1. The van der Waals surface area contributed by atoms with Gasteiger partial charge in [0.1, 0.15) is 0 Å². The minimum absolute atomic E-state index is 0.0124. The predicted molar refractivity (Wildman–Crippen MR) is 73.6 cm³/mol. The molecule has 0 atom stereocenters. The maximum absolute atomic E-state index is 12.2. The Hall–Kier alpha value is -2.37. The number of hydrogen-bond acceptors (Lipinski definition) is 3. The number of carbonyl (C=O) groups is 2. The minimum atomic E-state index is -0.955. The van der Waals surface area contributed by atoms with Crippen LogP contribution < -0.4 is 4.90 Å². The average molecular weight is 273 g/mol. The lowest BCUT2D eigenvalue weighted by atomic mass is 10.2. The van der Waals surface area contributed by atoms with Crippen molar-refractivity contribution >= 4 is 28.9 Å². The van der Waals surface area contributed by atoms with E-state index < -0.39 is 5.97 Å². The lowest BCUT2D eigenvalue weighted by molar-refractivity contribution is -0.138. The van der Waals surface area contributed by atoms with Crippen molar-refractivity contribution in [3.05, 3.63) is 24.3 Å². The molecule has 1 N–H and O–H groups in total. The van der Waals surface area contributed by atoms with Crippen LogP contribution in [-0.2, 0) is 16.1 Å². The summed E-state index contributed by atoms with van der Waals surface area (Å²) in [6.45, 7) is 1.43. The molecular formula is C14H15N3O3. The molecule has 3 rings (SSSR count). The van der Waals surface area contributed by atoms with E-state index in [9.17, 15) is 9.59 Å². The Balaban J connectivity index is 1.93. The monoisotopic (exact) mass is 273 g/mol. The number of benzene rings is 1. The number of nitrogens with zero attached hydrogens (tertiary/aromatic N) is 3. The highest BCUT2D eigenvalue weighted by Crippen LogP contribution is 2.27. The number of para-hydroxylation sites is 2. The zero-order chi connectivity index (χ0) is 14.1. The van der Waals surface area contributed by atoms with Crippen LogP contribution in [0.1, 0.15) is 19.3 Å². The maximum atomic E-state index is 12.2. The third-order valence-electron chi connectivity index (χ3n) is 3.49. The summed E-state index contributed by atoms with van der Waals surface area (Å²) in [7, 11) is 0. The molecule has 1 aromatic heterocycles. The summed E-state index contributed by atoms with van der Waals surface area (Å²) in [6, 6.07) is 7.76. The number of aromatic nitrogens is 2. The van der Waals surface area contributed by atoms with Crippen molar-refractivity contribution in [1.82, 2.24) is 9.55 Å². The van der Waals surface area contributed by atoms with Crippen LogP contribution in [0.4, 0.5) is 5.95 Å². The van der Waals surface area contributed by atoms with Crippen molar-refractivity contribution in [3.63, 3.8) is 0 Å². The van der Waals surface area contributed by atoms with Crippen LogP contribution in [0.3, 0.4) is 0 Å². The molecule has 2 heterocycles. The topological polar surface area (TPSA) is 75.4 Å². The summed E-state index contributed by atoms with van der Waals surface area (Å²) in [4.78, 5) is 28.8. The molecule has 0 fully saturated rings. The maximum Gasteiger partial charge on any atom is 0.303 e. The third-order valence-corrected chi connectivity index (χ3v) is 3.49. The quantitative estimate of drug-likeness (QED) is 0.922. The highest BCUT2D eigenvalue weighted by atomic mass is 16.4. The van der Waals surface area contributed by atoms with Crippen LogP contribution in [-0.4, -0.2) is 33.1 Å². The fraction of sp³-hybridized carbons (Fsp3) is 0.357. The van der Waals surface area contributed by atoms with E-state index in [1.165, 1.54) is 0 Å². The molecule has 1 aliphatic rings. The fourth-order valence-corrected chi connectivity index (χ4v) is 2.56. The number of amides is 1. The van der Waals surface area contributed by atoms with Crippen LogP contribution in [0.15, 0.2) is 24.3 Å². The van der Waals surface area contributed by atoms with Crippen LogP contribution in [0.5, 0.6) is 0 Å². The molecule has 0 unspecified atom stereocenters. The van der Waals surface area contributed by atoms with Gasteiger partial charge in [0.05, 0.1) is 17.5 Å². The minimum Gasteiger partial charge on any atom is -0.481 e. The van der Waals surface area contributed by atoms with E-state index in [4.69, 9.17) is 5.11 Å². The summed E-state index contributed by atoms with van der Waals surface area (Å²) >= 11 is 0. The summed E-state index contributed by atoms with van der Waals surface area (Å²) in [6.07, 6.45) is 0.722. The molecule has 0 radical (unpaired) electrons. The lowest BCUT2D eigenvalue weighted by Gasteiger charge is -2.27. The van der Waals surface area contributed by atoms with Crippen LogP contribution in [0.25, 0.3) is 11.0 Å². The second-order valence-corrected chi connectivity index (χ2v) is 4.84. The molecule has 0 saturated heterocycles. The van der Waals surface area contributed by atoms with Crippen molar-refractivity contribution in [2.75, 3.05) is 11.4 Å². The molecule has 2 aromatic rings. The first-order valence-corrected chi connectivity index (χ1v) is 6.64. The van der Waals surface area contributed by atoms with E-state index in [1.807, 2.05) is 28.8 Å². The Bertz CT molecular complexity index is 677. The number of anilines is 1. The largest absolute Gasteiger partial charge is 0.481 e. The van der Waals surface area contributed by atoms with E-state index >= 15 is 0 Å². The normalized spacial score (nSPS) is 14.3. The van der Waals surface area contributed by atoms with Gasteiger partial charge in [-0.3, -0.25) is 14.5 Å². The number of imidazole rings is 1. The molecule has 20 heavy (non-hydrogen) atoms. The molecule has 0 aliphatic carbocycles. The van der Waals surface area contributed by atoms with Gasteiger partial charge in [0.25, 0.3) is 0 Å². The molecule has 1 aliphatic heterocycles. The van der Waals surface area contributed by atoms with Crippen molar-refractivity contribution < 1.29 is 14.7 Å². The third kappa shape index (κ3) is 2.13. The lowest BCUT2D eigenvalue weighted by Crippen LogP contribution is -2.37. The Morgan fingerprint density at radius 1 is 1.20 bits per heavy atom. The first kappa shape index (κ1) is 12.7. The zero-order valence-electron chi connectivity index (χ0n) is 11.0. The Morgan fingerprint density at radius 2 is 2.00 bits per heavy atom. The van der Waals surface area contributed by atoms with Crippen molar-refractivity contribution in [2.45, 2.75) is 25.8 Å². The van der Waals surface area contributed by atoms with Gasteiger partial charge in [-0.2, -0.15) is 0 Å². The second kappa shape index (κ2) is 4.96. The molecule has 104 valence electrons. The average Bonchev–Trinajstić information content (AvgIpc) is 2.83. The number of aryl methyl sites for hydroxylation is 1. The summed E-state index contributed by atoms with van der Waals surface area (Å²) in [5, 5.41) is 8.68. The number of carbonyl (C=O) groups excluding carboxylic acids is 1. The second-order valence-electron chi connectivity index (χ2n) is 4.84. The SMILES string of the molecule is O=C(O)CCC(=O)N1CCCn2c1nc1ccccc12. The van der Waals surface area contributed by atoms with E-state index in [1.54, 1.807) is 4.90 Å². The Labute approximate surface area is 115 Å². The number of carboxylic acid groups (broad SMARTS) is 1. The molecule has 6 nitrogen and oxygen atoms in total. The van der Waals surface area contributed by atoms with Crippen LogP contribution in [0.2, 0.25) is 0 Å². The molecule has 1 aromatic carbocycles. The van der Waals surface area contributed by atoms with Gasteiger partial charge in [0.15, 0.2) is 0 Å². The summed E-state index contributed by atoms with van der Waals surface area (Å²) < 4.78 is 2.03. The summed E-state index contributed by atoms with van der Waals surface area (Å²) in [5.41, 5.74) is 1.87. The van der Waals surface area contributed by atoms with Crippen molar-refractivity contribution in [2.24, 2.45) is 0 Å². The van der Waals surface area contributed by atoms with Crippen LogP contribution >= 0.6 is 0 Å². The molecule has 0 spiro atoms. The van der Waals surface area contributed by atoms with E-state index in [2.05, 4.69) is 4.98 Å². The predicted octanol–water partition coefficient (Wildman–Crippen LogP) is 1.64. The van der Waals surface area contributed by atoms with Gasteiger partial charge < -0.3 is 9.67 Å². The molecular weight excluding hydrogens is 258 g/mol. The van der Waals surface area contributed by atoms with Gasteiger partial charge in [-0.1, -0.05) is 12.1 Å². The highest BCUT2D eigenvalue weighted by molar-refractivity contribution is 5.95. The van der Waals surface area contributed by atoms with Gasteiger partial charge in [0.2, 0.25) is 11.9 Å². The van der Waals surface area contributed by atoms with E-state index in [-0.39, 0.29) is 18.7 Å². The van der Waals surface area contributed by atoms with E-state index in [0.717, 1.165) is 24.0 Å². The smallest absolute Gasteiger partial charge is 0.303 e. The molecule has 6 heteroatoms. The van der Waals surface area contributed by atoms with E-state index in [0.29, 0.717) is 12.5 Å². The number of fused-ring (bicyclic) bond motifs is 3. The molecule has 0 bridgehead atoms. The number of rotatable bonds is 3. The first-order valence-electron chi connectivity index (χ1n) is 6.64. The fourth-order valence-electron chi connectivity index (χ4n) is 2.56. The van der Waals surface area contributed by atoms with Gasteiger partial charge in [-0.25, -0.2) is 4.98 Å². The van der Waals surface area contributed by atoms with Gasteiger partial charge in [-0.15, -0.1) is 0 Å². The summed E-state index contributed by atoms with van der Waals surface area (Å²) in [5.74, 6) is -0.500. The first-order chi connectivity index (χ1) is 9.66. The van der Waals surface area contributed by atoms with Gasteiger partial charge in [-0.05, 0) is 18.6 Å². The zero-order valence-corrected chi connectivity index (χ0v) is 11.0. The standard InChI is InChI=1S/C14H15N3O3/c18-12(6-7-13(19)20)17-9-3-8-16-11-5-2-1-4-10(11)15-14(16)17/h1-2,4-5H,3,6-9H2,(H,19,20).